The van der Waals surface area contributed by atoms with Crippen molar-refractivity contribution in [3.8, 4) is 0 Å². The van der Waals surface area contributed by atoms with Gasteiger partial charge in [-0.3, -0.25) is 0 Å². The molecule has 1 saturated carbocycles. The fraction of sp³-hybridized carbons (Fsp3) is 0.417. The Morgan fingerprint density at radius 3 is 2.20 bits per heavy atom. The molecular weight excluding hydrogens is 198 g/mol. The van der Waals surface area contributed by atoms with E-state index in [9.17, 15) is 13.6 Å². The molecule has 1 aliphatic rings. The average molecular weight is 210 g/mol. The Hall–Kier alpha value is -1.25. The Kier molecular flexibility index (Phi) is 2.55. The summed E-state index contributed by atoms with van der Waals surface area (Å²) in [6, 6.07) is 3.44. The van der Waals surface area contributed by atoms with Crippen LogP contribution in [0, 0.1) is 17.0 Å². The zero-order valence-corrected chi connectivity index (χ0v) is 8.30. The van der Waals surface area contributed by atoms with Crippen LogP contribution in [0.2, 0.25) is 0 Å². The SMILES string of the molecule is O=CC1(Cc2cc(F)cc(F)c2)CCC1. The lowest BCUT2D eigenvalue weighted by atomic mass is 9.66. The summed E-state index contributed by atoms with van der Waals surface area (Å²) < 4.78 is 25.8. The van der Waals surface area contributed by atoms with E-state index in [0.29, 0.717) is 12.0 Å². The van der Waals surface area contributed by atoms with Crippen LogP contribution in [0.5, 0.6) is 0 Å². The first-order chi connectivity index (χ1) is 7.13. The van der Waals surface area contributed by atoms with Gasteiger partial charge in [0.1, 0.15) is 17.9 Å². The van der Waals surface area contributed by atoms with E-state index >= 15 is 0 Å². The van der Waals surface area contributed by atoms with Gasteiger partial charge in [0.15, 0.2) is 0 Å². The standard InChI is InChI=1S/C12H12F2O/c13-10-4-9(5-11(14)6-10)7-12(8-15)2-1-3-12/h4-6,8H,1-3,7H2. The highest BCUT2D eigenvalue weighted by Gasteiger charge is 2.36. The fourth-order valence-corrected chi connectivity index (χ4v) is 2.09. The van der Waals surface area contributed by atoms with Gasteiger partial charge in [-0.05, 0) is 37.0 Å². The third-order valence-corrected chi connectivity index (χ3v) is 3.08. The predicted octanol–water partition coefficient (Wildman–Crippen LogP) is 2.88. The molecule has 0 atom stereocenters. The van der Waals surface area contributed by atoms with Gasteiger partial charge in [-0.15, -0.1) is 0 Å². The molecule has 1 fully saturated rings. The number of carbonyl (C=O) groups excluding carboxylic acids is 1. The predicted molar refractivity (Wildman–Crippen MR) is 52.4 cm³/mol. The van der Waals surface area contributed by atoms with Crippen molar-refractivity contribution in [3.63, 3.8) is 0 Å². The monoisotopic (exact) mass is 210 g/mol. The molecule has 0 N–H and O–H groups in total. The van der Waals surface area contributed by atoms with Gasteiger partial charge in [0.25, 0.3) is 0 Å². The summed E-state index contributed by atoms with van der Waals surface area (Å²) >= 11 is 0. The summed E-state index contributed by atoms with van der Waals surface area (Å²) in [7, 11) is 0. The van der Waals surface area contributed by atoms with Crippen molar-refractivity contribution in [1.82, 2.24) is 0 Å². The van der Waals surface area contributed by atoms with E-state index < -0.39 is 11.6 Å². The van der Waals surface area contributed by atoms with Gasteiger partial charge in [-0.25, -0.2) is 8.78 Å². The molecule has 0 bridgehead atoms. The molecular formula is C12H12F2O. The van der Waals surface area contributed by atoms with E-state index in [1.54, 1.807) is 0 Å². The van der Waals surface area contributed by atoms with E-state index in [2.05, 4.69) is 0 Å². The van der Waals surface area contributed by atoms with Gasteiger partial charge in [0.2, 0.25) is 0 Å². The first-order valence-corrected chi connectivity index (χ1v) is 5.05. The van der Waals surface area contributed by atoms with Crippen molar-refractivity contribution in [2.75, 3.05) is 0 Å². The minimum Gasteiger partial charge on any atom is -0.303 e. The molecule has 15 heavy (non-hydrogen) atoms. The Morgan fingerprint density at radius 1 is 1.20 bits per heavy atom. The van der Waals surface area contributed by atoms with Crippen LogP contribution in [-0.2, 0) is 11.2 Å². The third kappa shape index (κ3) is 2.06. The van der Waals surface area contributed by atoms with E-state index in [0.717, 1.165) is 31.6 Å². The maximum atomic E-state index is 12.9. The number of benzene rings is 1. The van der Waals surface area contributed by atoms with Crippen LogP contribution in [0.4, 0.5) is 8.78 Å². The lowest BCUT2D eigenvalue weighted by molar-refractivity contribution is -0.120. The van der Waals surface area contributed by atoms with Crippen LogP contribution >= 0.6 is 0 Å². The largest absolute Gasteiger partial charge is 0.303 e. The van der Waals surface area contributed by atoms with Crippen molar-refractivity contribution in [1.29, 1.82) is 0 Å². The number of halogens is 2. The summed E-state index contributed by atoms with van der Waals surface area (Å²) in [5.41, 5.74) is 0.208. The second kappa shape index (κ2) is 3.72. The normalized spacial score (nSPS) is 18.3. The van der Waals surface area contributed by atoms with Crippen LogP contribution in [0.3, 0.4) is 0 Å². The second-order valence-corrected chi connectivity index (χ2v) is 4.29. The quantitative estimate of drug-likeness (QED) is 0.701. The van der Waals surface area contributed by atoms with Crippen molar-refractivity contribution >= 4 is 6.29 Å². The van der Waals surface area contributed by atoms with Gasteiger partial charge in [0.05, 0.1) is 0 Å². The molecule has 0 saturated heterocycles. The van der Waals surface area contributed by atoms with Gasteiger partial charge in [-0.1, -0.05) is 6.42 Å². The van der Waals surface area contributed by atoms with E-state index in [4.69, 9.17) is 0 Å². The highest BCUT2D eigenvalue weighted by atomic mass is 19.1. The van der Waals surface area contributed by atoms with E-state index in [1.165, 1.54) is 12.1 Å². The molecule has 0 heterocycles. The van der Waals surface area contributed by atoms with Gasteiger partial charge in [-0.2, -0.15) is 0 Å². The maximum Gasteiger partial charge on any atom is 0.126 e. The number of hydrogen-bond acceptors (Lipinski definition) is 1. The molecule has 0 aromatic heterocycles. The molecule has 0 aliphatic heterocycles. The summed E-state index contributed by atoms with van der Waals surface area (Å²) in [5.74, 6) is -1.16. The molecule has 80 valence electrons. The highest BCUT2D eigenvalue weighted by molar-refractivity contribution is 5.61. The smallest absolute Gasteiger partial charge is 0.126 e. The van der Waals surface area contributed by atoms with Crippen molar-refractivity contribution in [3.05, 3.63) is 35.4 Å². The first kappa shape index (κ1) is 10.3. The Morgan fingerprint density at radius 2 is 1.80 bits per heavy atom. The molecule has 2 rings (SSSR count). The molecule has 0 amide bonds. The third-order valence-electron chi connectivity index (χ3n) is 3.08. The molecule has 3 heteroatoms. The zero-order valence-electron chi connectivity index (χ0n) is 8.30. The van der Waals surface area contributed by atoms with Crippen LogP contribution in [0.15, 0.2) is 18.2 Å². The lowest BCUT2D eigenvalue weighted by Gasteiger charge is -2.36. The fourth-order valence-electron chi connectivity index (χ4n) is 2.09. The number of aldehydes is 1. The lowest BCUT2D eigenvalue weighted by Crippen LogP contribution is -2.33. The van der Waals surface area contributed by atoms with Gasteiger partial charge >= 0.3 is 0 Å². The van der Waals surface area contributed by atoms with Crippen molar-refractivity contribution < 1.29 is 13.6 Å². The minimum absolute atomic E-state index is 0.361. The van der Waals surface area contributed by atoms with Crippen LogP contribution in [0.25, 0.3) is 0 Å². The summed E-state index contributed by atoms with van der Waals surface area (Å²) in [6.07, 6.45) is 4.06. The van der Waals surface area contributed by atoms with E-state index in [1.807, 2.05) is 0 Å². The zero-order chi connectivity index (χ0) is 10.9. The number of hydrogen-bond donors (Lipinski definition) is 0. The van der Waals surface area contributed by atoms with Crippen LogP contribution < -0.4 is 0 Å². The summed E-state index contributed by atoms with van der Waals surface area (Å²) in [4.78, 5) is 10.9. The number of rotatable bonds is 3. The topological polar surface area (TPSA) is 17.1 Å². The summed E-state index contributed by atoms with van der Waals surface area (Å²) in [6.45, 7) is 0. The van der Waals surface area contributed by atoms with E-state index in [-0.39, 0.29) is 5.41 Å². The Balaban J connectivity index is 2.19. The molecule has 0 unspecified atom stereocenters. The van der Waals surface area contributed by atoms with Crippen molar-refractivity contribution in [2.24, 2.45) is 5.41 Å². The molecule has 0 spiro atoms. The minimum atomic E-state index is -0.578. The van der Waals surface area contributed by atoms with Crippen LogP contribution in [0.1, 0.15) is 24.8 Å². The average Bonchev–Trinajstić information content (AvgIpc) is 2.10. The molecule has 1 nitrogen and oxygen atoms in total. The number of carbonyl (C=O) groups is 1. The summed E-state index contributed by atoms with van der Waals surface area (Å²) in [5, 5.41) is 0. The highest BCUT2D eigenvalue weighted by Crippen LogP contribution is 2.41. The van der Waals surface area contributed by atoms with Crippen LogP contribution in [-0.4, -0.2) is 6.29 Å². The molecule has 0 radical (unpaired) electrons. The first-order valence-electron chi connectivity index (χ1n) is 5.05. The van der Waals surface area contributed by atoms with Crippen molar-refractivity contribution in [2.45, 2.75) is 25.7 Å². The second-order valence-electron chi connectivity index (χ2n) is 4.29. The van der Waals surface area contributed by atoms with Gasteiger partial charge in [0, 0.05) is 11.5 Å². The Bertz CT molecular complexity index is 363. The maximum absolute atomic E-state index is 12.9. The molecule has 1 aromatic carbocycles. The molecule has 1 aliphatic carbocycles. The van der Waals surface area contributed by atoms with Gasteiger partial charge < -0.3 is 4.79 Å². The molecule has 1 aromatic rings. The Labute approximate surface area is 87.1 Å².